The van der Waals surface area contributed by atoms with Crippen molar-refractivity contribution in [3.8, 4) is 0 Å². The van der Waals surface area contributed by atoms with Gasteiger partial charge in [0.25, 0.3) is 0 Å². The van der Waals surface area contributed by atoms with E-state index >= 15 is 0 Å². The Kier molecular flexibility index (Phi) is 2.70. The molecule has 2 fully saturated rings. The van der Waals surface area contributed by atoms with Crippen LogP contribution in [0.15, 0.2) is 18.3 Å². The minimum atomic E-state index is -0.433. The first-order chi connectivity index (χ1) is 8.65. The Balaban J connectivity index is 1.85. The number of fused-ring (bicyclic) bond motifs is 2. The van der Waals surface area contributed by atoms with E-state index in [0.29, 0.717) is 23.7 Å². The maximum Gasteiger partial charge on any atom is 0.250 e. The molecule has 2 aliphatic rings. The molecule has 96 valence electrons. The molecule has 0 saturated carbocycles. The molecule has 1 unspecified atom stereocenters. The van der Waals surface area contributed by atoms with E-state index in [1.54, 1.807) is 12.3 Å². The van der Waals surface area contributed by atoms with E-state index in [2.05, 4.69) is 9.88 Å². The zero-order chi connectivity index (χ0) is 12.7. The number of rotatable bonds is 2. The van der Waals surface area contributed by atoms with Crippen molar-refractivity contribution in [2.24, 2.45) is 11.5 Å². The smallest absolute Gasteiger partial charge is 0.250 e. The first-order valence-electron chi connectivity index (χ1n) is 6.45. The third kappa shape index (κ3) is 1.84. The lowest BCUT2D eigenvalue weighted by molar-refractivity contribution is 0.1000. The summed E-state index contributed by atoms with van der Waals surface area (Å²) in [4.78, 5) is 17.8. The third-order valence-electron chi connectivity index (χ3n) is 4.07. The molecule has 3 heterocycles. The molecule has 5 heteroatoms. The van der Waals surface area contributed by atoms with Crippen LogP contribution in [0.3, 0.4) is 0 Å². The Morgan fingerprint density at radius 2 is 1.94 bits per heavy atom. The summed E-state index contributed by atoms with van der Waals surface area (Å²) in [6.07, 6.45) is 6.02. The van der Waals surface area contributed by atoms with Crippen LogP contribution in [0, 0.1) is 0 Å². The summed E-state index contributed by atoms with van der Waals surface area (Å²) in [5.74, 6) is 0.511. The van der Waals surface area contributed by atoms with Gasteiger partial charge in [0.2, 0.25) is 5.91 Å². The first-order valence-corrected chi connectivity index (χ1v) is 6.45. The second kappa shape index (κ2) is 4.24. The molecular formula is C13H18N4O. The predicted octanol–water partition coefficient (Wildman–Crippen LogP) is 0.639. The maximum absolute atomic E-state index is 11.0. The number of amides is 1. The van der Waals surface area contributed by atoms with Crippen molar-refractivity contribution in [3.63, 3.8) is 0 Å². The van der Waals surface area contributed by atoms with Crippen LogP contribution in [0.1, 0.15) is 36.0 Å². The first kappa shape index (κ1) is 11.5. The lowest BCUT2D eigenvalue weighted by Crippen LogP contribution is -2.47. The topological polar surface area (TPSA) is 85.2 Å². The molecule has 18 heavy (non-hydrogen) atoms. The number of hydrogen-bond donors (Lipinski definition) is 2. The minimum Gasteiger partial charge on any atom is -0.366 e. The van der Waals surface area contributed by atoms with Gasteiger partial charge in [0.05, 0.1) is 5.56 Å². The highest BCUT2D eigenvalue weighted by Gasteiger charge is 2.40. The average molecular weight is 246 g/mol. The van der Waals surface area contributed by atoms with Crippen molar-refractivity contribution in [2.45, 2.75) is 43.8 Å². The standard InChI is InChI=1S/C13H18N4O/c14-9-5-10-2-3-11(6-9)17(10)12-4-1-8(7-16-12)13(15)18/h1,4,7,9-11H,2-3,5-6,14H2,(H2,15,18)/t9?,10-,11+. The van der Waals surface area contributed by atoms with E-state index in [9.17, 15) is 4.79 Å². The van der Waals surface area contributed by atoms with Gasteiger partial charge in [-0.05, 0) is 37.8 Å². The van der Waals surface area contributed by atoms with Crippen LogP contribution in [0.25, 0.3) is 0 Å². The Bertz CT molecular complexity index is 445. The highest BCUT2D eigenvalue weighted by molar-refractivity contribution is 5.92. The molecule has 1 amide bonds. The van der Waals surface area contributed by atoms with Gasteiger partial charge in [0.15, 0.2) is 0 Å². The molecule has 2 bridgehead atoms. The Hall–Kier alpha value is -1.62. The number of carbonyl (C=O) groups is 1. The molecule has 1 aromatic heterocycles. The van der Waals surface area contributed by atoms with Crippen LogP contribution in [0.2, 0.25) is 0 Å². The quantitative estimate of drug-likeness (QED) is 0.802. The van der Waals surface area contributed by atoms with Gasteiger partial charge in [0.1, 0.15) is 5.82 Å². The molecule has 5 nitrogen and oxygen atoms in total. The van der Waals surface area contributed by atoms with E-state index in [1.165, 1.54) is 12.8 Å². The minimum absolute atomic E-state index is 0.323. The van der Waals surface area contributed by atoms with Gasteiger partial charge in [-0.2, -0.15) is 0 Å². The van der Waals surface area contributed by atoms with Gasteiger partial charge in [-0.25, -0.2) is 4.98 Å². The molecular weight excluding hydrogens is 228 g/mol. The lowest BCUT2D eigenvalue weighted by Gasteiger charge is -2.38. The van der Waals surface area contributed by atoms with Crippen molar-refractivity contribution < 1.29 is 4.79 Å². The van der Waals surface area contributed by atoms with E-state index in [-0.39, 0.29) is 0 Å². The molecule has 4 N–H and O–H groups in total. The van der Waals surface area contributed by atoms with Crippen LogP contribution < -0.4 is 16.4 Å². The van der Waals surface area contributed by atoms with Gasteiger partial charge in [0, 0.05) is 24.3 Å². The number of anilines is 1. The van der Waals surface area contributed by atoms with E-state index < -0.39 is 5.91 Å². The van der Waals surface area contributed by atoms with Crippen molar-refractivity contribution >= 4 is 11.7 Å². The van der Waals surface area contributed by atoms with E-state index in [1.807, 2.05) is 6.07 Å². The molecule has 1 aromatic rings. The number of pyridine rings is 1. The van der Waals surface area contributed by atoms with E-state index in [4.69, 9.17) is 11.5 Å². The number of primary amides is 1. The fourth-order valence-electron chi connectivity index (χ4n) is 3.28. The van der Waals surface area contributed by atoms with Crippen LogP contribution in [0.4, 0.5) is 5.82 Å². The summed E-state index contributed by atoms with van der Waals surface area (Å²) >= 11 is 0. The second-order valence-electron chi connectivity index (χ2n) is 5.29. The lowest BCUT2D eigenvalue weighted by atomic mass is 9.98. The van der Waals surface area contributed by atoms with Crippen LogP contribution in [-0.2, 0) is 0 Å². The van der Waals surface area contributed by atoms with Crippen LogP contribution >= 0.6 is 0 Å². The molecule has 3 atom stereocenters. The highest BCUT2D eigenvalue weighted by atomic mass is 16.1. The van der Waals surface area contributed by atoms with Crippen molar-refractivity contribution in [3.05, 3.63) is 23.9 Å². The summed E-state index contributed by atoms with van der Waals surface area (Å²) in [6.45, 7) is 0. The Morgan fingerprint density at radius 1 is 1.28 bits per heavy atom. The third-order valence-corrected chi connectivity index (χ3v) is 4.07. The normalized spacial score (nSPS) is 30.5. The number of aromatic nitrogens is 1. The number of carbonyl (C=O) groups excluding carboxylic acids is 1. The number of nitrogens with zero attached hydrogens (tertiary/aromatic N) is 2. The monoisotopic (exact) mass is 246 g/mol. The largest absolute Gasteiger partial charge is 0.366 e. The van der Waals surface area contributed by atoms with E-state index in [0.717, 1.165) is 18.7 Å². The van der Waals surface area contributed by atoms with Gasteiger partial charge in [-0.3, -0.25) is 4.79 Å². The zero-order valence-electron chi connectivity index (χ0n) is 10.2. The molecule has 0 aromatic carbocycles. The average Bonchev–Trinajstić information content (AvgIpc) is 2.62. The molecule has 2 aliphatic heterocycles. The second-order valence-corrected chi connectivity index (χ2v) is 5.29. The van der Waals surface area contributed by atoms with Crippen molar-refractivity contribution in [2.75, 3.05) is 4.90 Å². The van der Waals surface area contributed by atoms with Crippen molar-refractivity contribution in [1.82, 2.24) is 4.98 Å². The molecule has 2 saturated heterocycles. The van der Waals surface area contributed by atoms with Gasteiger partial charge >= 0.3 is 0 Å². The molecule has 0 radical (unpaired) electrons. The summed E-state index contributed by atoms with van der Waals surface area (Å²) < 4.78 is 0. The number of hydrogen-bond acceptors (Lipinski definition) is 4. The predicted molar refractivity (Wildman–Crippen MR) is 69.3 cm³/mol. The molecule has 0 aliphatic carbocycles. The zero-order valence-corrected chi connectivity index (χ0v) is 10.2. The fourth-order valence-corrected chi connectivity index (χ4v) is 3.28. The number of nitrogens with two attached hydrogens (primary N) is 2. The van der Waals surface area contributed by atoms with Crippen LogP contribution in [0.5, 0.6) is 0 Å². The maximum atomic E-state index is 11.0. The van der Waals surface area contributed by atoms with Gasteiger partial charge in [-0.1, -0.05) is 0 Å². The number of piperidine rings is 1. The Labute approximate surface area is 106 Å². The summed E-state index contributed by atoms with van der Waals surface area (Å²) in [7, 11) is 0. The highest BCUT2D eigenvalue weighted by Crippen LogP contribution is 2.37. The summed E-state index contributed by atoms with van der Waals surface area (Å²) in [5.41, 5.74) is 11.7. The summed E-state index contributed by atoms with van der Waals surface area (Å²) in [5, 5.41) is 0. The Morgan fingerprint density at radius 3 is 2.44 bits per heavy atom. The van der Waals surface area contributed by atoms with Gasteiger partial charge in [-0.15, -0.1) is 0 Å². The van der Waals surface area contributed by atoms with Gasteiger partial charge < -0.3 is 16.4 Å². The molecule has 3 rings (SSSR count). The summed E-state index contributed by atoms with van der Waals surface area (Å²) in [6, 6.07) is 4.97. The SMILES string of the molecule is NC(=O)c1ccc(N2[C@@H]3CC[C@H]2CC(N)C3)nc1. The molecule has 0 spiro atoms. The van der Waals surface area contributed by atoms with Crippen molar-refractivity contribution in [1.29, 1.82) is 0 Å². The van der Waals surface area contributed by atoms with Crippen LogP contribution in [-0.4, -0.2) is 29.0 Å². The fraction of sp³-hybridized carbons (Fsp3) is 0.538.